The van der Waals surface area contributed by atoms with Gasteiger partial charge in [-0.15, -0.1) is 0 Å². The van der Waals surface area contributed by atoms with Crippen molar-refractivity contribution in [2.75, 3.05) is 6.54 Å². The molecule has 5 nitrogen and oxygen atoms in total. The van der Waals surface area contributed by atoms with Crippen LogP contribution >= 0.6 is 11.6 Å². The van der Waals surface area contributed by atoms with Gasteiger partial charge < -0.3 is 4.90 Å². The summed E-state index contributed by atoms with van der Waals surface area (Å²) >= 11 is 6.36. The molecule has 5 rings (SSSR count). The van der Waals surface area contributed by atoms with Crippen LogP contribution in [0.2, 0.25) is 5.02 Å². The zero-order valence-electron chi connectivity index (χ0n) is 18.2. The van der Waals surface area contributed by atoms with Gasteiger partial charge in [-0.1, -0.05) is 42.6 Å². The second kappa shape index (κ2) is 9.07. The Balaban J connectivity index is 1.44. The summed E-state index contributed by atoms with van der Waals surface area (Å²) in [6.07, 6.45) is 7.92. The summed E-state index contributed by atoms with van der Waals surface area (Å²) in [5.74, 6) is 0.861. The van der Waals surface area contributed by atoms with E-state index >= 15 is 0 Å². The highest BCUT2D eigenvalue weighted by Crippen LogP contribution is 2.27. The smallest absolute Gasteiger partial charge is 0.261 e. The van der Waals surface area contributed by atoms with Gasteiger partial charge in [0, 0.05) is 36.1 Å². The third kappa shape index (κ3) is 4.06. The number of amides is 1. The van der Waals surface area contributed by atoms with Crippen molar-refractivity contribution in [1.82, 2.24) is 14.5 Å². The Morgan fingerprint density at radius 1 is 1.03 bits per heavy atom. The molecule has 0 radical (unpaired) electrons. The number of nitrogens with zero attached hydrogens (tertiary/aromatic N) is 3. The zero-order valence-corrected chi connectivity index (χ0v) is 19.0. The predicted octanol–water partition coefficient (Wildman–Crippen LogP) is 5.01. The van der Waals surface area contributed by atoms with Gasteiger partial charge in [-0.3, -0.25) is 14.2 Å². The molecule has 6 heteroatoms. The van der Waals surface area contributed by atoms with Gasteiger partial charge in [-0.05, 0) is 61.9 Å². The van der Waals surface area contributed by atoms with Crippen molar-refractivity contribution in [1.29, 1.82) is 0 Å². The SMILES string of the molecule is O=C(c1ccc2c(=O)n3c(nc2c1)CCCCCC3)N1CCCC1Cc1ccccc1Cl. The highest BCUT2D eigenvalue weighted by atomic mass is 35.5. The van der Waals surface area contributed by atoms with Gasteiger partial charge in [0.15, 0.2) is 0 Å². The summed E-state index contributed by atoms with van der Waals surface area (Å²) in [5, 5.41) is 1.35. The molecule has 0 spiro atoms. The molecule has 3 heterocycles. The number of aromatic nitrogens is 2. The summed E-state index contributed by atoms with van der Waals surface area (Å²) in [5.41, 5.74) is 2.33. The Morgan fingerprint density at radius 3 is 2.75 bits per heavy atom. The average molecular weight is 450 g/mol. The number of aryl methyl sites for hydroxylation is 1. The van der Waals surface area contributed by atoms with E-state index in [4.69, 9.17) is 16.6 Å². The highest BCUT2D eigenvalue weighted by molar-refractivity contribution is 6.31. The van der Waals surface area contributed by atoms with Crippen LogP contribution in [0.25, 0.3) is 10.9 Å². The zero-order chi connectivity index (χ0) is 22.1. The molecular weight excluding hydrogens is 422 g/mol. The molecule has 1 unspecified atom stereocenters. The number of fused-ring (bicyclic) bond motifs is 2. The van der Waals surface area contributed by atoms with Gasteiger partial charge in [-0.2, -0.15) is 0 Å². The van der Waals surface area contributed by atoms with Crippen molar-refractivity contribution < 1.29 is 4.79 Å². The van der Waals surface area contributed by atoms with Crippen LogP contribution in [0.15, 0.2) is 47.3 Å². The van der Waals surface area contributed by atoms with Gasteiger partial charge in [0.05, 0.1) is 10.9 Å². The molecule has 2 aromatic carbocycles. The molecule has 1 amide bonds. The van der Waals surface area contributed by atoms with Crippen molar-refractivity contribution in [3.05, 3.63) is 74.8 Å². The summed E-state index contributed by atoms with van der Waals surface area (Å²) in [7, 11) is 0. The minimum atomic E-state index is 0.00935. The van der Waals surface area contributed by atoms with Crippen molar-refractivity contribution in [3.63, 3.8) is 0 Å². The molecule has 0 N–H and O–H groups in total. The number of hydrogen-bond donors (Lipinski definition) is 0. The number of carbonyl (C=O) groups excluding carboxylic acids is 1. The molecule has 1 atom stereocenters. The first kappa shape index (κ1) is 21.2. The topological polar surface area (TPSA) is 55.2 Å². The molecule has 2 aliphatic heterocycles. The lowest BCUT2D eigenvalue weighted by Crippen LogP contribution is -2.37. The fourth-order valence-electron chi connectivity index (χ4n) is 5.13. The Kier molecular flexibility index (Phi) is 6.01. The molecule has 0 bridgehead atoms. The number of rotatable bonds is 3. The number of carbonyl (C=O) groups is 1. The van der Waals surface area contributed by atoms with Crippen LogP contribution in [0.1, 0.15) is 60.3 Å². The van der Waals surface area contributed by atoms with Crippen molar-refractivity contribution >= 4 is 28.4 Å². The van der Waals surface area contributed by atoms with E-state index in [0.29, 0.717) is 16.5 Å². The van der Waals surface area contributed by atoms with Gasteiger partial charge in [0.25, 0.3) is 11.5 Å². The number of likely N-dealkylation sites (tertiary alicyclic amines) is 1. The van der Waals surface area contributed by atoms with Crippen LogP contribution in [0, 0.1) is 0 Å². The van der Waals surface area contributed by atoms with Crippen molar-refractivity contribution in [2.45, 2.75) is 64.0 Å². The van der Waals surface area contributed by atoms with E-state index < -0.39 is 0 Å². The second-order valence-electron chi connectivity index (χ2n) is 8.97. The Hall–Kier alpha value is -2.66. The number of halogens is 1. The van der Waals surface area contributed by atoms with Gasteiger partial charge in [0.1, 0.15) is 5.82 Å². The minimum absolute atomic E-state index is 0.00935. The van der Waals surface area contributed by atoms with Crippen LogP contribution in [0.4, 0.5) is 0 Å². The number of benzene rings is 2. The van der Waals surface area contributed by atoms with E-state index in [2.05, 4.69) is 0 Å². The van der Waals surface area contributed by atoms with E-state index in [1.54, 1.807) is 12.1 Å². The first-order valence-corrected chi connectivity index (χ1v) is 12.1. The molecule has 0 aliphatic carbocycles. The fourth-order valence-corrected chi connectivity index (χ4v) is 5.34. The van der Waals surface area contributed by atoms with Crippen molar-refractivity contribution in [3.8, 4) is 0 Å². The van der Waals surface area contributed by atoms with Crippen LogP contribution in [0.5, 0.6) is 0 Å². The van der Waals surface area contributed by atoms with Gasteiger partial charge in [-0.25, -0.2) is 4.98 Å². The molecule has 1 aromatic heterocycles. The molecule has 0 saturated carbocycles. The standard InChI is InChI=1S/C26H28ClN3O2/c27-22-10-5-4-8-18(22)16-20-9-7-15-29(20)25(31)19-12-13-21-23(17-19)28-24-11-3-1-2-6-14-30(24)26(21)32/h4-5,8,10,12-13,17,20H,1-3,6-7,9,11,14-16H2. The lowest BCUT2D eigenvalue weighted by molar-refractivity contribution is 0.0736. The highest BCUT2D eigenvalue weighted by Gasteiger charge is 2.30. The first-order chi connectivity index (χ1) is 15.6. The monoisotopic (exact) mass is 449 g/mol. The first-order valence-electron chi connectivity index (χ1n) is 11.7. The molecule has 1 fully saturated rings. The van der Waals surface area contributed by atoms with Gasteiger partial charge in [0.2, 0.25) is 0 Å². The van der Waals surface area contributed by atoms with Gasteiger partial charge >= 0.3 is 0 Å². The second-order valence-corrected chi connectivity index (χ2v) is 9.38. The molecule has 2 aliphatic rings. The summed E-state index contributed by atoms with van der Waals surface area (Å²) in [6.45, 7) is 1.47. The maximum absolute atomic E-state index is 13.4. The van der Waals surface area contributed by atoms with E-state index in [9.17, 15) is 9.59 Å². The summed E-state index contributed by atoms with van der Waals surface area (Å²) in [6, 6.07) is 13.4. The van der Waals surface area contributed by atoms with Crippen molar-refractivity contribution in [2.24, 2.45) is 0 Å². The summed E-state index contributed by atoms with van der Waals surface area (Å²) in [4.78, 5) is 33.3. The predicted molar refractivity (Wildman–Crippen MR) is 127 cm³/mol. The largest absolute Gasteiger partial charge is 0.335 e. The lowest BCUT2D eigenvalue weighted by atomic mass is 10.0. The van der Waals surface area contributed by atoms with Crippen LogP contribution < -0.4 is 5.56 Å². The molecule has 32 heavy (non-hydrogen) atoms. The third-order valence-electron chi connectivity index (χ3n) is 6.86. The van der Waals surface area contributed by atoms with E-state index in [0.717, 1.165) is 74.4 Å². The molecule has 3 aromatic rings. The Labute approximate surface area is 193 Å². The maximum Gasteiger partial charge on any atom is 0.261 e. The quantitative estimate of drug-likeness (QED) is 0.564. The fraction of sp³-hybridized carbons (Fsp3) is 0.423. The Morgan fingerprint density at radius 2 is 1.88 bits per heavy atom. The van der Waals surface area contributed by atoms with Crippen LogP contribution in [0.3, 0.4) is 0 Å². The molecular formula is C26H28ClN3O2. The van der Waals surface area contributed by atoms with Crippen LogP contribution in [-0.4, -0.2) is 32.9 Å². The lowest BCUT2D eigenvalue weighted by Gasteiger charge is -2.25. The minimum Gasteiger partial charge on any atom is -0.335 e. The molecule has 166 valence electrons. The molecule has 1 saturated heterocycles. The summed E-state index contributed by atoms with van der Waals surface area (Å²) < 4.78 is 1.84. The Bertz CT molecular complexity index is 1220. The number of hydrogen-bond acceptors (Lipinski definition) is 3. The maximum atomic E-state index is 13.4. The van der Waals surface area contributed by atoms with E-state index in [1.165, 1.54) is 6.42 Å². The van der Waals surface area contributed by atoms with Crippen LogP contribution in [-0.2, 0) is 19.4 Å². The van der Waals surface area contributed by atoms with E-state index in [1.807, 2.05) is 39.8 Å². The third-order valence-corrected chi connectivity index (χ3v) is 7.23. The normalized spacial score (nSPS) is 18.9. The average Bonchev–Trinajstić information content (AvgIpc) is 3.24. The van der Waals surface area contributed by atoms with E-state index in [-0.39, 0.29) is 17.5 Å².